The van der Waals surface area contributed by atoms with E-state index in [1.807, 2.05) is 32.9 Å². The van der Waals surface area contributed by atoms with Gasteiger partial charge in [0.15, 0.2) is 0 Å². The zero-order chi connectivity index (χ0) is 14.8. The maximum absolute atomic E-state index is 9.35. The fourth-order valence-electron chi connectivity index (χ4n) is 2.76. The third-order valence-electron chi connectivity index (χ3n) is 3.36. The first-order valence-electron chi connectivity index (χ1n) is 6.94. The van der Waals surface area contributed by atoms with Gasteiger partial charge in [-0.1, -0.05) is 0 Å². The first-order chi connectivity index (χ1) is 9.41. The van der Waals surface area contributed by atoms with E-state index in [0.29, 0.717) is 0 Å². The van der Waals surface area contributed by atoms with Crippen molar-refractivity contribution in [1.82, 2.24) is 9.88 Å². The molecular weight excluding hydrogens is 256 g/mol. The monoisotopic (exact) mass is 280 g/mol. The third kappa shape index (κ3) is 3.91. The smallest absolute Gasteiger partial charge is 0.122 e. The fourth-order valence-corrected chi connectivity index (χ4v) is 2.76. The lowest BCUT2D eigenvalue weighted by atomic mass is 10.0. The Labute approximate surface area is 120 Å². The minimum absolute atomic E-state index is 0.0461. The van der Waals surface area contributed by atoms with Gasteiger partial charge in [-0.2, -0.15) is 0 Å². The van der Waals surface area contributed by atoms with Crippen molar-refractivity contribution in [2.75, 3.05) is 26.8 Å². The molecule has 0 amide bonds. The summed E-state index contributed by atoms with van der Waals surface area (Å²) in [7, 11) is 1.66. The normalized spacial score (nSPS) is 22.8. The van der Waals surface area contributed by atoms with Crippen molar-refractivity contribution >= 4 is 0 Å². The molecule has 0 saturated carbocycles. The van der Waals surface area contributed by atoms with Crippen LogP contribution in [0.4, 0.5) is 0 Å². The summed E-state index contributed by atoms with van der Waals surface area (Å²) in [6.45, 7) is 8.38. The van der Waals surface area contributed by atoms with Gasteiger partial charge in [0.25, 0.3) is 0 Å². The van der Waals surface area contributed by atoms with E-state index in [1.54, 1.807) is 7.11 Å². The second kappa shape index (κ2) is 6.08. The number of rotatable bonds is 4. The van der Waals surface area contributed by atoms with E-state index in [4.69, 9.17) is 9.47 Å². The van der Waals surface area contributed by atoms with E-state index in [1.165, 1.54) is 0 Å². The van der Waals surface area contributed by atoms with Gasteiger partial charge in [0.2, 0.25) is 0 Å². The van der Waals surface area contributed by atoms with Crippen molar-refractivity contribution in [2.45, 2.75) is 39.0 Å². The Morgan fingerprint density at radius 1 is 1.50 bits per heavy atom. The van der Waals surface area contributed by atoms with Crippen LogP contribution in [-0.4, -0.2) is 53.5 Å². The van der Waals surface area contributed by atoms with Gasteiger partial charge in [0.1, 0.15) is 5.75 Å². The lowest BCUT2D eigenvalue weighted by Crippen LogP contribution is -2.53. The standard InChI is InChI=1S/C15H24N2O3/c1-11-5-13(19-4)6-12(16-11)7-17-8-14(9-18)20-15(2,3)10-17/h5-6,14,18H,7-10H2,1-4H3. The van der Waals surface area contributed by atoms with Gasteiger partial charge in [-0.15, -0.1) is 0 Å². The van der Waals surface area contributed by atoms with Gasteiger partial charge < -0.3 is 14.6 Å². The fraction of sp³-hybridized carbons (Fsp3) is 0.667. The van der Waals surface area contributed by atoms with Crippen molar-refractivity contribution in [1.29, 1.82) is 0 Å². The molecule has 5 heteroatoms. The number of nitrogens with zero attached hydrogens (tertiary/aromatic N) is 2. The summed E-state index contributed by atoms with van der Waals surface area (Å²) < 4.78 is 11.1. The summed E-state index contributed by atoms with van der Waals surface area (Å²) in [4.78, 5) is 6.82. The van der Waals surface area contributed by atoms with Gasteiger partial charge >= 0.3 is 0 Å². The van der Waals surface area contributed by atoms with Crippen LogP contribution in [0.2, 0.25) is 0 Å². The minimum Gasteiger partial charge on any atom is -0.497 e. The second-order valence-corrected chi connectivity index (χ2v) is 5.99. The molecular formula is C15H24N2O3. The molecule has 1 aromatic heterocycles. The van der Waals surface area contributed by atoms with Crippen molar-refractivity contribution < 1.29 is 14.6 Å². The Hall–Kier alpha value is -1.17. The van der Waals surface area contributed by atoms with Crippen LogP contribution in [0.5, 0.6) is 5.75 Å². The molecule has 1 aliphatic rings. The molecule has 1 N–H and O–H groups in total. The highest BCUT2D eigenvalue weighted by Crippen LogP contribution is 2.23. The minimum atomic E-state index is -0.250. The summed E-state index contributed by atoms with van der Waals surface area (Å²) in [6, 6.07) is 3.88. The van der Waals surface area contributed by atoms with Gasteiger partial charge in [-0.3, -0.25) is 9.88 Å². The van der Waals surface area contributed by atoms with Crippen LogP contribution in [0.15, 0.2) is 12.1 Å². The molecule has 5 nitrogen and oxygen atoms in total. The predicted molar refractivity (Wildman–Crippen MR) is 76.8 cm³/mol. The number of aryl methyl sites for hydroxylation is 1. The molecule has 0 bridgehead atoms. The Morgan fingerprint density at radius 3 is 2.90 bits per heavy atom. The van der Waals surface area contributed by atoms with Crippen LogP contribution >= 0.6 is 0 Å². The molecule has 1 fully saturated rings. The van der Waals surface area contributed by atoms with Gasteiger partial charge in [-0.05, 0) is 20.8 Å². The van der Waals surface area contributed by atoms with Crippen LogP contribution in [0.3, 0.4) is 0 Å². The van der Waals surface area contributed by atoms with E-state index < -0.39 is 0 Å². The zero-order valence-corrected chi connectivity index (χ0v) is 12.7. The van der Waals surface area contributed by atoms with Crippen LogP contribution in [0.1, 0.15) is 25.2 Å². The molecule has 2 rings (SSSR count). The highest BCUT2D eigenvalue weighted by molar-refractivity contribution is 5.26. The number of aliphatic hydroxyl groups excluding tert-OH is 1. The maximum atomic E-state index is 9.35. The summed E-state index contributed by atoms with van der Waals surface area (Å²) in [6.07, 6.45) is -0.134. The van der Waals surface area contributed by atoms with Crippen molar-refractivity contribution in [3.63, 3.8) is 0 Å². The number of morpholine rings is 1. The zero-order valence-electron chi connectivity index (χ0n) is 12.7. The van der Waals surface area contributed by atoms with Crippen LogP contribution in [0, 0.1) is 6.92 Å². The van der Waals surface area contributed by atoms with Crippen LogP contribution in [-0.2, 0) is 11.3 Å². The van der Waals surface area contributed by atoms with Gasteiger partial charge in [0.05, 0.1) is 31.1 Å². The lowest BCUT2D eigenvalue weighted by molar-refractivity contribution is -0.150. The molecule has 0 spiro atoms. The molecule has 20 heavy (non-hydrogen) atoms. The van der Waals surface area contributed by atoms with Crippen LogP contribution < -0.4 is 4.74 Å². The van der Waals surface area contributed by atoms with E-state index >= 15 is 0 Å². The predicted octanol–water partition coefficient (Wildman–Crippen LogP) is 1.37. The molecule has 0 aromatic carbocycles. The second-order valence-electron chi connectivity index (χ2n) is 5.99. The number of pyridine rings is 1. The average molecular weight is 280 g/mol. The molecule has 1 aliphatic heterocycles. The first-order valence-corrected chi connectivity index (χ1v) is 6.94. The summed E-state index contributed by atoms with van der Waals surface area (Å²) in [5.41, 5.74) is 1.68. The molecule has 1 unspecified atom stereocenters. The molecule has 1 atom stereocenters. The topological polar surface area (TPSA) is 54.8 Å². The molecule has 1 aromatic rings. The number of hydrogen-bond acceptors (Lipinski definition) is 5. The van der Waals surface area contributed by atoms with Crippen LogP contribution in [0.25, 0.3) is 0 Å². The van der Waals surface area contributed by atoms with Gasteiger partial charge in [-0.25, -0.2) is 0 Å². The maximum Gasteiger partial charge on any atom is 0.122 e. The Kier molecular flexibility index (Phi) is 4.62. The van der Waals surface area contributed by atoms with E-state index in [0.717, 1.165) is 36.8 Å². The largest absolute Gasteiger partial charge is 0.497 e. The molecule has 0 aliphatic carbocycles. The molecule has 2 heterocycles. The lowest BCUT2D eigenvalue weighted by Gasteiger charge is -2.42. The van der Waals surface area contributed by atoms with Crippen molar-refractivity contribution in [3.8, 4) is 5.75 Å². The molecule has 0 radical (unpaired) electrons. The number of hydrogen-bond donors (Lipinski definition) is 1. The highest BCUT2D eigenvalue weighted by Gasteiger charge is 2.33. The van der Waals surface area contributed by atoms with E-state index in [2.05, 4.69) is 9.88 Å². The number of methoxy groups -OCH3 is 1. The SMILES string of the molecule is COc1cc(C)nc(CN2CC(CO)OC(C)(C)C2)c1. The molecule has 112 valence electrons. The van der Waals surface area contributed by atoms with E-state index in [9.17, 15) is 5.11 Å². The van der Waals surface area contributed by atoms with Gasteiger partial charge in [0, 0.05) is 37.5 Å². The Balaban J connectivity index is 2.10. The summed E-state index contributed by atoms with van der Waals surface area (Å²) in [5.74, 6) is 0.832. The summed E-state index contributed by atoms with van der Waals surface area (Å²) >= 11 is 0. The van der Waals surface area contributed by atoms with Crippen molar-refractivity contribution in [3.05, 3.63) is 23.5 Å². The highest BCUT2D eigenvalue weighted by atomic mass is 16.5. The number of aliphatic hydroxyl groups is 1. The Bertz CT molecular complexity index is 462. The number of aromatic nitrogens is 1. The first kappa shape index (κ1) is 15.2. The van der Waals surface area contributed by atoms with E-state index in [-0.39, 0.29) is 18.3 Å². The molecule has 1 saturated heterocycles. The Morgan fingerprint density at radius 2 is 2.25 bits per heavy atom. The third-order valence-corrected chi connectivity index (χ3v) is 3.36. The quantitative estimate of drug-likeness (QED) is 0.903. The number of ether oxygens (including phenoxy) is 2. The van der Waals surface area contributed by atoms with Crippen molar-refractivity contribution in [2.24, 2.45) is 0 Å². The average Bonchev–Trinajstić information content (AvgIpc) is 2.35. The summed E-state index contributed by atoms with van der Waals surface area (Å²) in [5, 5.41) is 9.35.